The molecule has 14 heteroatoms. The minimum atomic E-state index is -4.09. The zero-order valence-electron chi connectivity index (χ0n) is 21.4. The predicted octanol–water partition coefficient (Wildman–Crippen LogP) is 6.18. The number of hydrogen-bond donors (Lipinski definition) is 0. The Hall–Kier alpha value is -2.35. The van der Waals surface area contributed by atoms with Crippen molar-refractivity contribution in [3.8, 4) is 23.0 Å². The lowest BCUT2D eigenvalue weighted by molar-refractivity contribution is 0.296. The standard InChI is InChI=1S/C26H25BrCl2N2O7S2/c1-36-20-5-3-17(4-6-20)16-37-24-8-7-21(38-26-22(28)11-19(27)12-23(26)29)13-25(24)40(34,35)31-10-9-18(15-31)14-30-39(2,32)33/h3-8,11-14,18H,9-10,15-16H2,1-2H3/b30-14+. The van der Waals surface area contributed by atoms with E-state index in [1.807, 2.05) is 12.1 Å². The molecule has 40 heavy (non-hydrogen) atoms. The summed E-state index contributed by atoms with van der Waals surface area (Å²) in [5, 5.41) is 0.465. The third-order valence-corrected chi connectivity index (χ3v) is 9.33. The van der Waals surface area contributed by atoms with E-state index in [1.165, 1.54) is 22.7 Å². The molecule has 1 saturated heterocycles. The Morgan fingerprint density at radius 3 is 2.30 bits per heavy atom. The average molecular weight is 692 g/mol. The average Bonchev–Trinajstić information content (AvgIpc) is 3.39. The molecule has 3 aromatic rings. The molecule has 0 N–H and O–H groups in total. The highest BCUT2D eigenvalue weighted by Gasteiger charge is 2.34. The van der Waals surface area contributed by atoms with Crippen molar-refractivity contribution in [2.24, 2.45) is 10.3 Å². The molecule has 1 heterocycles. The van der Waals surface area contributed by atoms with E-state index in [0.717, 1.165) is 11.8 Å². The van der Waals surface area contributed by atoms with Crippen molar-refractivity contribution in [1.82, 2.24) is 4.31 Å². The number of rotatable bonds is 10. The molecule has 3 aromatic carbocycles. The van der Waals surface area contributed by atoms with Crippen molar-refractivity contribution < 1.29 is 31.0 Å². The van der Waals surface area contributed by atoms with E-state index in [1.54, 1.807) is 37.4 Å². The molecule has 9 nitrogen and oxygen atoms in total. The molecular weight excluding hydrogens is 667 g/mol. The molecule has 1 aliphatic heterocycles. The fourth-order valence-corrected chi connectivity index (χ4v) is 7.27. The van der Waals surface area contributed by atoms with E-state index >= 15 is 0 Å². The maximum atomic E-state index is 13.8. The normalized spacial score (nSPS) is 16.4. The van der Waals surface area contributed by atoms with Crippen LogP contribution in [0.25, 0.3) is 0 Å². The van der Waals surface area contributed by atoms with Crippen LogP contribution >= 0.6 is 39.1 Å². The summed E-state index contributed by atoms with van der Waals surface area (Å²) >= 11 is 15.9. The quantitative estimate of drug-likeness (QED) is 0.234. The Morgan fingerprint density at radius 1 is 1.02 bits per heavy atom. The Balaban J connectivity index is 1.66. The van der Waals surface area contributed by atoms with E-state index in [-0.39, 0.29) is 57.8 Å². The second-order valence-corrected chi connectivity index (χ2v) is 14.3. The molecule has 4 rings (SSSR count). The van der Waals surface area contributed by atoms with E-state index < -0.39 is 20.0 Å². The van der Waals surface area contributed by atoms with Crippen LogP contribution < -0.4 is 14.2 Å². The second kappa shape index (κ2) is 12.7. The van der Waals surface area contributed by atoms with Gasteiger partial charge in [-0.3, -0.25) is 0 Å². The van der Waals surface area contributed by atoms with Crippen LogP contribution in [0.3, 0.4) is 0 Å². The minimum absolute atomic E-state index is 0.0642. The summed E-state index contributed by atoms with van der Waals surface area (Å²) in [5.74, 6) is 0.787. The van der Waals surface area contributed by atoms with Crippen molar-refractivity contribution in [2.45, 2.75) is 17.9 Å². The Kier molecular flexibility index (Phi) is 9.69. The van der Waals surface area contributed by atoms with Gasteiger partial charge in [0.05, 0.1) is 23.4 Å². The van der Waals surface area contributed by atoms with E-state index in [9.17, 15) is 16.8 Å². The first-order valence-corrected chi connectivity index (χ1v) is 16.7. The summed E-state index contributed by atoms with van der Waals surface area (Å²) in [6.07, 6.45) is 2.68. The maximum Gasteiger partial charge on any atom is 0.249 e. The smallest absolute Gasteiger partial charge is 0.249 e. The van der Waals surface area contributed by atoms with Crippen LogP contribution in [-0.4, -0.2) is 53.8 Å². The van der Waals surface area contributed by atoms with Gasteiger partial charge in [0.2, 0.25) is 20.0 Å². The molecule has 1 unspecified atom stereocenters. The van der Waals surface area contributed by atoms with Gasteiger partial charge in [-0.15, -0.1) is 0 Å². The number of nitrogens with zero attached hydrogens (tertiary/aromatic N) is 2. The predicted molar refractivity (Wildman–Crippen MR) is 158 cm³/mol. The fourth-order valence-electron chi connectivity index (χ4n) is 3.93. The van der Waals surface area contributed by atoms with Crippen molar-refractivity contribution in [3.05, 3.63) is 74.7 Å². The number of benzene rings is 3. The van der Waals surface area contributed by atoms with Crippen LogP contribution in [0.1, 0.15) is 12.0 Å². The fraction of sp³-hybridized carbons (Fsp3) is 0.269. The van der Waals surface area contributed by atoms with Gasteiger partial charge < -0.3 is 14.2 Å². The first-order valence-electron chi connectivity index (χ1n) is 11.8. The molecule has 0 amide bonds. The van der Waals surface area contributed by atoms with Gasteiger partial charge in [-0.1, -0.05) is 51.3 Å². The zero-order valence-corrected chi connectivity index (χ0v) is 26.1. The minimum Gasteiger partial charge on any atom is -0.497 e. The largest absolute Gasteiger partial charge is 0.497 e. The van der Waals surface area contributed by atoms with E-state index in [4.69, 9.17) is 37.4 Å². The zero-order chi connectivity index (χ0) is 29.1. The molecule has 214 valence electrons. The van der Waals surface area contributed by atoms with Crippen LogP contribution in [0.4, 0.5) is 0 Å². The third kappa shape index (κ3) is 7.68. The summed E-state index contributed by atoms with van der Waals surface area (Å²) in [5.41, 5.74) is 0.802. The van der Waals surface area contributed by atoms with Gasteiger partial charge in [-0.05, 0) is 48.4 Å². The summed E-state index contributed by atoms with van der Waals surface area (Å²) in [7, 11) is -6.10. The highest BCUT2D eigenvalue weighted by atomic mass is 79.9. The lowest BCUT2D eigenvalue weighted by atomic mass is 10.1. The summed E-state index contributed by atoms with van der Waals surface area (Å²) < 4.78 is 73.0. The lowest BCUT2D eigenvalue weighted by Crippen LogP contribution is -2.29. The molecule has 0 saturated carbocycles. The highest BCUT2D eigenvalue weighted by Crippen LogP contribution is 2.41. The second-order valence-electron chi connectivity index (χ2n) is 8.95. The molecule has 0 aliphatic carbocycles. The van der Waals surface area contributed by atoms with Gasteiger partial charge in [0.25, 0.3) is 0 Å². The van der Waals surface area contributed by atoms with Crippen LogP contribution in [0.2, 0.25) is 10.0 Å². The first-order chi connectivity index (χ1) is 18.9. The monoisotopic (exact) mass is 690 g/mol. The van der Waals surface area contributed by atoms with Gasteiger partial charge in [-0.25, -0.2) is 16.8 Å². The summed E-state index contributed by atoms with van der Waals surface area (Å²) in [6, 6.07) is 14.8. The topological polar surface area (TPSA) is 112 Å². The number of sulfonamides is 2. The van der Waals surface area contributed by atoms with Crippen LogP contribution in [-0.2, 0) is 26.7 Å². The Labute approximate surface area is 251 Å². The van der Waals surface area contributed by atoms with E-state index in [0.29, 0.717) is 16.6 Å². The molecular formula is C26H25BrCl2N2O7S2. The molecule has 0 radical (unpaired) electrons. The molecule has 0 spiro atoms. The molecule has 1 atom stereocenters. The van der Waals surface area contributed by atoms with Gasteiger partial charge in [0.15, 0.2) is 5.75 Å². The Bertz CT molecular complexity index is 1610. The maximum absolute atomic E-state index is 13.8. The van der Waals surface area contributed by atoms with Crippen molar-refractivity contribution >= 4 is 65.4 Å². The Morgan fingerprint density at radius 2 is 1.68 bits per heavy atom. The summed E-state index contributed by atoms with van der Waals surface area (Å²) in [4.78, 5) is -0.122. The number of hydrogen-bond acceptors (Lipinski definition) is 7. The van der Waals surface area contributed by atoms with Crippen LogP contribution in [0, 0.1) is 5.92 Å². The van der Waals surface area contributed by atoms with Gasteiger partial charge in [0.1, 0.15) is 28.8 Å². The number of ether oxygens (including phenoxy) is 3. The van der Waals surface area contributed by atoms with Crippen LogP contribution in [0.15, 0.2) is 68.4 Å². The van der Waals surface area contributed by atoms with Gasteiger partial charge in [-0.2, -0.15) is 8.70 Å². The van der Waals surface area contributed by atoms with Crippen LogP contribution in [0.5, 0.6) is 23.0 Å². The molecule has 0 bridgehead atoms. The SMILES string of the molecule is COc1ccc(COc2ccc(Oc3c(Cl)cc(Br)cc3Cl)cc2S(=O)(=O)N2CCC(/C=N/S(C)(=O)=O)C2)cc1. The van der Waals surface area contributed by atoms with Gasteiger partial charge in [0, 0.05) is 35.8 Å². The van der Waals surface area contributed by atoms with Crippen molar-refractivity contribution in [3.63, 3.8) is 0 Å². The van der Waals surface area contributed by atoms with E-state index in [2.05, 4.69) is 20.3 Å². The number of methoxy groups -OCH3 is 1. The van der Waals surface area contributed by atoms with Gasteiger partial charge >= 0.3 is 0 Å². The molecule has 1 fully saturated rings. The first kappa shape index (κ1) is 30.6. The molecule has 1 aliphatic rings. The lowest BCUT2D eigenvalue weighted by Gasteiger charge is -2.20. The summed E-state index contributed by atoms with van der Waals surface area (Å²) in [6.45, 7) is 0.339. The molecule has 0 aromatic heterocycles. The number of halogens is 3. The van der Waals surface area contributed by atoms with Crippen molar-refractivity contribution in [2.75, 3.05) is 26.5 Å². The third-order valence-electron chi connectivity index (χ3n) is 5.92. The highest BCUT2D eigenvalue weighted by molar-refractivity contribution is 9.10. The van der Waals surface area contributed by atoms with Crippen molar-refractivity contribution in [1.29, 1.82) is 0 Å².